The highest BCUT2D eigenvalue weighted by Gasteiger charge is 2.52. The van der Waals surface area contributed by atoms with Crippen molar-refractivity contribution in [1.29, 1.82) is 0 Å². The second kappa shape index (κ2) is 12.2. The summed E-state index contributed by atoms with van der Waals surface area (Å²) >= 11 is 1.73. The Morgan fingerprint density at radius 2 is 1.62 bits per heavy atom. The molecule has 1 aromatic heterocycles. The van der Waals surface area contributed by atoms with Gasteiger partial charge in [0.1, 0.15) is 6.54 Å². The van der Waals surface area contributed by atoms with Gasteiger partial charge in [-0.25, -0.2) is 4.79 Å². The zero-order chi connectivity index (χ0) is 27.5. The fourth-order valence-corrected chi connectivity index (χ4v) is 8.87. The van der Waals surface area contributed by atoms with Gasteiger partial charge in [-0.2, -0.15) is 0 Å². The number of urea groups is 1. The number of carbonyl (C=O) groups is 2. The molecule has 1 aromatic carbocycles. The lowest BCUT2D eigenvalue weighted by molar-refractivity contribution is -0.133. The van der Waals surface area contributed by atoms with Gasteiger partial charge in [0.2, 0.25) is 5.91 Å². The molecule has 216 valence electrons. The summed E-state index contributed by atoms with van der Waals surface area (Å²) in [5.41, 5.74) is 1.02. The zero-order valence-electron chi connectivity index (χ0n) is 23.9. The van der Waals surface area contributed by atoms with E-state index in [0.717, 1.165) is 75.4 Å². The SMILES string of the molecule is Cc1ccc(CN(Cc2ccccc2)C(=O)CN(CCN2CCOCC2)C(=O)NC23CC4CC(CC(C4)C2)C3)s1. The lowest BCUT2D eigenvalue weighted by Crippen LogP contribution is -2.62. The predicted octanol–water partition coefficient (Wildman–Crippen LogP) is 4.90. The monoisotopic (exact) mass is 564 g/mol. The van der Waals surface area contributed by atoms with Crippen molar-refractivity contribution in [3.8, 4) is 0 Å². The Morgan fingerprint density at radius 1 is 0.950 bits per heavy atom. The van der Waals surface area contributed by atoms with Crippen LogP contribution in [0.2, 0.25) is 0 Å². The van der Waals surface area contributed by atoms with Crippen LogP contribution < -0.4 is 5.32 Å². The number of amides is 3. The minimum absolute atomic E-state index is 0.00227. The van der Waals surface area contributed by atoms with E-state index < -0.39 is 0 Å². The Kier molecular flexibility index (Phi) is 8.47. The fourth-order valence-electron chi connectivity index (χ4n) is 7.97. The van der Waals surface area contributed by atoms with Crippen LogP contribution in [0.3, 0.4) is 0 Å². The largest absolute Gasteiger partial charge is 0.379 e. The van der Waals surface area contributed by atoms with Gasteiger partial charge >= 0.3 is 6.03 Å². The molecule has 2 aromatic rings. The molecular weight excluding hydrogens is 520 g/mol. The third-order valence-electron chi connectivity index (χ3n) is 9.53. The molecule has 0 radical (unpaired) electrons. The second-order valence-corrected chi connectivity index (χ2v) is 14.1. The molecule has 1 aliphatic heterocycles. The zero-order valence-corrected chi connectivity index (χ0v) is 24.7. The maximum absolute atomic E-state index is 14.0. The molecule has 8 heteroatoms. The van der Waals surface area contributed by atoms with Crippen LogP contribution in [0.15, 0.2) is 42.5 Å². The highest BCUT2D eigenvalue weighted by Crippen LogP contribution is 2.55. The van der Waals surface area contributed by atoms with E-state index in [2.05, 4.69) is 41.4 Å². The van der Waals surface area contributed by atoms with E-state index in [0.29, 0.717) is 19.6 Å². The first kappa shape index (κ1) is 27.7. The number of carbonyl (C=O) groups excluding carboxylic acids is 2. The van der Waals surface area contributed by atoms with Crippen LogP contribution in [0, 0.1) is 24.7 Å². The summed E-state index contributed by atoms with van der Waals surface area (Å²) in [5, 5.41) is 3.53. The van der Waals surface area contributed by atoms with Crippen molar-refractivity contribution >= 4 is 23.3 Å². The number of hydrogen-bond acceptors (Lipinski definition) is 5. The Balaban J connectivity index is 1.18. The third-order valence-corrected chi connectivity index (χ3v) is 10.5. The molecule has 2 heterocycles. The smallest absolute Gasteiger partial charge is 0.318 e. The van der Waals surface area contributed by atoms with E-state index in [1.165, 1.54) is 29.0 Å². The molecule has 4 saturated carbocycles. The molecule has 0 atom stereocenters. The topological polar surface area (TPSA) is 65.1 Å². The number of rotatable bonds is 10. The van der Waals surface area contributed by atoms with Gasteiger partial charge in [-0.15, -0.1) is 11.3 Å². The fraction of sp³-hybridized carbons (Fsp3) is 0.625. The van der Waals surface area contributed by atoms with Crippen LogP contribution in [-0.2, 0) is 22.6 Å². The molecule has 5 aliphatic rings. The van der Waals surface area contributed by atoms with Crippen LogP contribution in [0.25, 0.3) is 0 Å². The summed E-state index contributed by atoms with van der Waals surface area (Å²) in [6, 6.07) is 14.3. The van der Waals surface area contributed by atoms with E-state index in [1.54, 1.807) is 16.2 Å². The van der Waals surface area contributed by atoms with E-state index in [-0.39, 0.29) is 24.0 Å². The minimum atomic E-state index is -0.0791. The molecule has 1 saturated heterocycles. The maximum Gasteiger partial charge on any atom is 0.318 e. The van der Waals surface area contributed by atoms with Gasteiger partial charge in [0, 0.05) is 48.0 Å². The molecule has 5 fully saturated rings. The number of hydrogen-bond donors (Lipinski definition) is 1. The van der Waals surface area contributed by atoms with E-state index in [9.17, 15) is 9.59 Å². The van der Waals surface area contributed by atoms with Crippen molar-refractivity contribution in [3.63, 3.8) is 0 Å². The number of benzene rings is 1. The molecule has 1 N–H and O–H groups in total. The molecule has 7 nitrogen and oxygen atoms in total. The van der Waals surface area contributed by atoms with Gasteiger partial charge in [0.05, 0.1) is 19.8 Å². The van der Waals surface area contributed by atoms with E-state index in [4.69, 9.17) is 4.74 Å². The maximum atomic E-state index is 14.0. The van der Waals surface area contributed by atoms with Crippen LogP contribution in [-0.4, -0.2) is 78.1 Å². The first-order valence-corrected chi connectivity index (χ1v) is 16.0. The Labute approximate surface area is 242 Å². The summed E-state index contributed by atoms with van der Waals surface area (Å²) in [5.74, 6) is 2.26. The van der Waals surface area contributed by atoms with Gasteiger partial charge in [-0.3, -0.25) is 9.69 Å². The number of morpholine rings is 1. The minimum Gasteiger partial charge on any atom is -0.379 e. The second-order valence-electron chi connectivity index (χ2n) is 12.8. The molecule has 0 spiro atoms. The van der Waals surface area contributed by atoms with Crippen molar-refractivity contribution in [2.75, 3.05) is 45.9 Å². The van der Waals surface area contributed by atoms with Crippen molar-refractivity contribution in [2.24, 2.45) is 17.8 Å². The van der Waals surface area contributed by atoms with Gasteiger partial charge in [0.25, 0.3) is 0 Å². The highest BCUT2D eigenvalue weighted by molar-refractivity contribution is 7.11. The predicted molar refractivity (Wildman–Crippen MR) is 158 cm³/mol. The number of ether oxygens (including phenoxy) is 1. The molecule has 4 bridgehead atoms. The standard InChI is InChI=1S/C32H44N4O3S/c1-24-7-8-29(40-24)22-36(21-25-5-3-2-4-6-25)30(37)23-35(10-9-34-11-13-39-14-12-34)31(38)33-32-18-26-15-27(19-32)17-28(16-26)20-32/h2-8,26-28H,9-23H2,1H3,(H,33,38). The number of nitrogens with one attached hydrogen (secondary N) is 1. The van der Waals surface area contributed by atoms with Crippen molar-refractivity contribution in [1.82, 2.24) is 20.0 Å². The summed E-state index contributed by atoms with van der Waals surface area (Å²) in [4.78, 5) is 36.4. The first-order chi connectivity index (χ1) is 19.4. The van der Waals surface area contributed by atoms with Crippen molar-refractivity contribution < 1.29 is 14.3 Å². The third kappa shape index (κ3) is 6.72. The lowest BCUT2D eigenvalue weighted by Gasteiger charge is -2.57. The quantitative estimate of drug-likeness (QED) is 0.446. The van der Waals surface area contributed by atoms with Crippen LogP contribution in [0.5, 0.6) is 0 Å². The van der Waals surface area contributed by atoms with Gasteiger partial charge < -0.3 is 19.9 Å². The van der Waals surface area contributed by atoms with Gasteiger partial charge in [-0.1, -0.05) is 30.3 Å². The normalized spacial score (nSPS) is 27.5. The summed E-state index contributed by atoms with van der Waals surface area (Å²) in [7, 11) is 0. The van der Waals surface area contributed by atoms with E-state index >= 15 is 0 Å². The molecule has 3 amide bonds. The summed E-state index contributed by atoms with van der Waals surface area (Å²) in [6.45, 7) is 7.78. The highest BCUT2D eigenvalue weighted by atomic mass is 32.1. The van der Waals surface area contributed by atoms with Crippen LogP contribution >= 0.6 is 11.3 Å². The van der Waals surface area contributed by atoms with Gasteiger partial charge in [0.15, 0.2) is 0 Å². The Morgan fingerprint density at radius 3 is 2.25 bits per heavy atom. The Bertz CT molecular complexity index is 1130. The number of aryl methyl sites for hydroxylation is 1. The van der Waals surface area contributed by atoms with Gasteiger partial charge in [-0.05, 0) is 80.9 Å². The van der Waals surface area contributed by atoms with E-state index in [1.807, 2.05) is 23.1 Å². The molecular formula is C32H44N4O3S. The Hall–Kier alpha value is -2.42. The van der Waals surface area contributed by atoms with Crippen LogP contribution in [0.1, 0.15) is 53.8 Å². The van der Waals surface area contributed by atoms with Crippen molar-refractivity contribution in [3.05, 3.63) is 57.8 Å². The molecule has 40 heavy (non-hydrogen) atoms. The average Bonchev–Trinajstić information content (AvgIpc) is 3.35. The lowest BCUT2D eigenvalue weighted by atomic mass is 9.53. The molecule has 7 rings (SSSR count). The molecule has 4 aliphatic carbocycles. The number of thiophene rings is 1. The molecule has 0 unspecified atom stereocenters. The van der Waals surface area contributed by atoms with Crippen LogP contribution in [0.4, 0.5) is 4.79 Å². The first-order valence-electron chi connectivity index (χ1n) is 15.2. The summed E-state index contributed by atoms with van der Waals surface area (Å²) < 4.78 is 5.53. The number of nitrogens with zero attached hydrogens (tertiary/aromatic N) is 3. The van der Waals surface area contributed by atoms with Crippen molar-refractivity contribution in [2.45, 2.75) is 64.1 Å². The summed E-state index contributed by atoms with van der Waals surface area (Å²) in [6.07, 6.45) is 7.33. The average molecular weight is 565 g/mol.